The average molecular weight is 391 g/mol. The fourth-order valence-corrected chi connectivity index (χ4v) is 3.50. The monoisotopic (exact) mass is 391 g/mol. The Morgan fingerprint density at radius 1 is 1.21 bits per heavy atom. The number of alkyl halides is 3. The highest BCUT2D eigenvalue weighted by molar-refractivity contribution is 5.87. The van der Waals surface area contributed by atoms with E-state index in [1.807, 2.05) is 20.9 Å². The standard InChI is InChI=1S/C19H20F3N5O/c1-11-10-28-16(13-5-4-6-14(7-13)19(20,21)22)9-27(11)18-15-8-23-26(3)17(15)24-12(2)25-18/h4-8,11,16H,9-10H2,1-3H3/t11-,16+/m1/s1. The summed E-state index contributed by atoms with van der Waals surface area (Å²) in [4.78, 5) is 11.1. The molecule has 0 aliphatic carbocycles. The zero-order valence-corrected chi connectivity index (χ0v) is 15.7. The number of ether oxygens (including phenoxy) is 1. The number of anilines is 1. The molecule has 1 fully saturated rings. The van der Waals surface area contributed by atoms with E-state index in [1.165, 1.54) is 6.07 Å². The third kappa shape index (κ3) is 3.30. The first-order chi connectivity index (χ1) is 13.2. The van der Waals surface area contributed by atoms with Gasteiger partial charge in [-0.15, -0.1) is 0 Å². The van der Waals surface area contributed by atoms with Crippen LogP contribution >= 0.6 is 0 Å². The molecule has 4 rings (SSSR count). The normalized spacial score (nSPS) is 20.7. The minimum absolute atomic E-state index is 0.0137. The van der Waals surface area contributed by atoms with Crippen molar-refractivity contribution < 1.29 is 17.9 Å². The Morgan fingerprint density at radius 3 is 2.75 bits per heavy atom. The van der Waals surface area contributed by atoms with Gasteiger partial charge in [-0.05, 0) is 31.5 Å². The quantitative estimate of drug-likeness (QED) is 0.667. The molecule has 0 saturated carbocycles. The highest BCUT2D eigenvalue weighted by Gasteiger charge is 2.33. The van der Waals surface area contributed by atoms with Crippen LogP contribution in [0.2, 0.25) is 0 Å². The lowest BCUT2D eigenvalue weighted by molar-refractivity contribution is -0.137. The number of benzene rings is 1. The van der Waals surface area contributed by atoms with E-state index in [9.17, 15) is 13.2 Å². The largest absolute Gasteiger partial charge is 0.416 e. The molecule has 1 aromatic carbocycles. The van der Waals surface area contributed by atoms with E-state index in [0.29, 0.717) is 24.5 Å². The predicted octanol–water partition coefficient (Wildman–Crippen LogP) is 3.66. The minimum Gasteiger partial charge on any atom is -0.370 e. The van der Waals surface area contributed by atoms with E-state index in [-0.39, 0.29) is 6.04 Å². The second kappa shape index (κ2) is 6.73. The van der Waals surface area contributed by atoms with Gasteiger partial charge in [0.15, 0.2) is 5.65 Å². The van der Waals surface area contributed by atoms with Gasteiger partial charge in [-0.1, -0.05) is 12.1 Å². The lowest BCUT2D eigenvalue weighted by atomic mass is 10.0. The van der Waals surface area contributed by atoms with E-state index in [1.54, 1.807) is 16.9 Å². The number of aryl methyl sites for hydroxylation is 2. The van der Waals surface area contributed by atoms with Gasteiger partial charge in [-0.3, -0.25) is 4.68 Å². The van der Waals surface area contributed by atoms with Crippen LogP contribution in [0.1, 0.15) is 30.0 Å². The van der Waals surface area contributed by atoms with E-state index < -0.39 is 17.8 Å². The molecule has 0 spiro atoms. The smallest absolute Gasteiger partial charge is 0.370 e. The Hall–Kier alpha value is -2.68. The molecular formula is C19H20F3N5O. The predicted molar refractivity (Wildman–Crippen MR) is 98.0 cm³/mol. The summed E-state index contributed by atoms with van der Waals surface area (Å²) in [6, 6.07) is 5.32. The minimum atomic E-state index is -4.39. The van der Waals surface area contributed by atoms with Crippen LogP contribution in [-0.2, 0) is 18.0 Å². The number of fused-ring (bicyclic) bond motifs is 1. The first-order valence-corrected chi connectivity index (χ1v) is 8.96. The number of nitrogens with zero attached hydrogens (tertiary/aromatic N) is 5. The summed E-state index contributed by atoms with van der Waals surface area (Å²) in [6.07, 6.45) is -3.16. The number of halogens is 3. The third-order valence-electron chi connectivity index (χ3n) is 4.97. The van der Waals surface area contributed by atoms with Crippen LogP contribution in [0.25, 0.3) is 11.0 Å². The summed E-state index contributed by atoms with van der Waals surface area (Å²) < 4.78 is 46.8. The summed E-state index contributed by atoms with van der Waals surface area (Å²) >= 11 is 0. The van der Waals surface area contributed by atoms with E-state index >= 15 is 0 Å². The van der Waals surface area contributed by atoms with Crippen molar-refractivity contribution in [3.63, 3.8) is 0 Å². The first kappa shape index (κ1) is 18.7. The van der Waals surface area contributed by atoms with Gasteiger partial charge < -0.3 is 9.64 Å². The number of hydrogen-bond acceptors (Lipinski definition) is 5. The molecule has 9 heteroatoms. The van der Waals surface area contributed by atoms with Gasteiger partial charge in [-0.25, -0.2) is 9.97 Å². The maximum absolute atomic E-state index is 13.1. The zero-order valence-electron chi connectivity index (χ0n) is 15.7. The van der Waals surface area contributed by atoms with Crippen LogP contribution in [0.4, 0.5) is 19.0 Å². The van der Waals surface area contributed by atoms with Crippen LogP contribution in [0, 0.1) is 6.92 Å². The average Bonchev–Trinajstić information content (AvgIpc) is 3.02. The van der Waals surface area contributed by atoms with E-state index in [4.69, 9.17) is 4.74 Å². The maximum Gasteiger partial charge on any atom is 0.416 e. The van der Waals surface area contributed by atoms with Crippen molar-refractivity contribution in [2.24, 2.45) is 7.05 Å². The van der Waals surface area contributed by atoms with Gasteiger partial charge in [0.1, 0.15) is 17.7 Å². The summed E-state index contributed by atoms with van der Waals surface area (Å²) in [5.74, 6) is 1.34. The highest BCUT2D eigenvalue weighted by atomic mass is 19.4. The van der Waals surface area contributed by atoms with Crippen LogP contribution in [0.3, 0.4) is 0 Å². The molecule has 0 bridgehead atoms. The lowest BCUT2D eigenvalue weighted by Gasteiger charge is -2.39. The van der Waals surface area contributed by atoms with Gasteiger partial charge >= 0.3 is 6.18 Å². The summed E-state index contributed by atoms with van der Waals surface area (Å²) in [6.45, 7) is 4.59. The molecule has 28 heavy (non-hydrogen) atoms. The highest BCUT2D eigenvalue weighted by Crippen LogP contribution is 2.35. The zero-order chi connectivity index (χ0) is 20.1. The lowest BCUT2D eigenvalue weighted by Crippen LogP contribution is -2.45. The SMILES string of the molecule is Cc1nc(N2C[C@@H](c3cccc(C(F)(F)F)c3)OC[C@H]2C)c2cnn(C)c2n1. The van der Waals surface area contributed by atoms with E-state index in [2.05, 4.69) is 20.0 Å². The van der Waals surface area contributed by atoms with E-state index in [0.717, 1.165) is 29.0 Å². The number of aromatic nitrogens is 4. The summed E-state index contributed by atoms with van der Waals surface area (Å²) in [5, 5.41) is 5.07. The second-order valence-electron chi connectivity index (χ2n) is 7.05. The summed E-state index contributed by atoms with van der Waals surface area (Å²) in [5.41, 5.74) is 0.544. The molecule has 3 aromatic rings. The fourth-order valence-electron chi connectivity index (χ4n) is 3.50. The van der Waals surface area contributed by atoms with Crippen molar-refractivity contribution in [3.8, 4) is 0 Å². The molecule has 148 valence electrons. The Balaban J connectivity index is 1.71. The second-order valence-corrected chi connectivity index (χ2v) is 7.05. The van der Waals surface area contributed by atoms with Crippen LogP contribution in [-0.4, -0.2) is 38.9 Å². The van der Waals surface area contributed by atoms with Gasteiger partial charge in [0.2, 0.25) is 0 Å². The number of morpholine rings is 1. The fraction of sp³-hybridized carbons (Fsp3) is 0.421. The van der Waals surface area contributed by atoms with Gasteiger partial charge in [0, 0.05) is 7.05 Å². The third-order valence-corrected chi connectivity index (χ3v) is 4.97. The Labute approximate surface area is 160 Å². The molecular weight excluding hydrogens is 371 g/mol. The molecule has 0 N–H and O–H groups in total. The molecule has 2 atom stereocenters. The molecule has 0 amide bonds. The molecule has 3 heterocycles. The number of rotatable bonds is 2. The Morgan fingerprint density at radius 2 is 2.00 bits per heavy atom. The molecule has 2 aromatic heterocycles. The van der Waals surface area contributed by atoms with Crippen molar-refractivity contribution in [2.45, 2.75) is 32.2 Å². The van der Waals surface area contributed by atoms with Gasteiger partial charge in [-0.2, -0.15) is 18.3 Å². The molecule has 1 saturated heterocycles. The van der Waals surface area contributed by atoms with Gasteiger partial charge in [0.25, 0.3) is 0 Å². The van der Waals surface area contributed by atoms with Crippen molar-refractivity contribution in [3.05, 3.63) is 47.4 Å². The number of hydrogen-bond donors (Lipinski definition) is 0. The van der Waals surface area contributed by atoms with Crippen LogP contribution in [0.15, 0.2) is 30.5 Å². The van der Waals surface area contributed by atoms with Crippen molar-refractivity contribution in [1.82, 2.24) is 19.7 Å². The maximum atomic E-state index is 13.1. The van der Waals surface area contributed by atoms with Crippen LogP contribution < -0.4 is 4.90 Å². The van der Waals surface area contributed by atoms with Crippen molar-refractivity contribution in [1.29, 1.82) is 0 Å². The van der Waals surface area contributed by atoms with Crippen molar-refractivity contribution in [2.75, 3.05) is 18.1 Å². The topological polar surface area (TPSA) is 56.1 Å². The molecule has 1 aliphatic heterocycles. The van der Waals surface area contributed by atoms with Crippen molar-refractivity contribution >= 4 is 16.9 Å². The molecule has 0 unspecified atom stereocenters. The Bertz CT molecular complexity index is 1020. The van der Waals surface area contributed by atoms with Gasteiger partial charge in [0.05, 0.1) is 36.3 Å². The molecule has 1 aliphatic rings. The summed E-state index contributed by atoms with van der Waals surface area (Å²) in [7, 11) is 1.81. The van der Waals surface area contributed by atoms with Crippen LogP contribution in [0.5, 0.6) is 0 Å². The Kier molecular flexibility index (Phi) is 4.49. The molecule has 6 nitrogen and oxygen atoms in total. The first-order valence-electron chi connectivity index (χ1n) is 8.96. The molecule has 0 radical (unpaired) electrons.